The van der Waals surface area contributed by atoms with Gasteiger partial charge in [-0.3, -0.25) is 0 Å². The van der Waals surface area contributed by atoms with Crippen LogP contribution in [0.4, 0.5) is 0 Å². The Balaban J connectivity index is 2.92. The molecule has 0 N–H and O–H groups in total. The van der Waals surface area contributed by atoms with E-state index in [-0.39, 0.29) is 0 Å². The molecular weight excluding hydrogens is 304 g/mol. The van der Waals surface area contributed by atoms with Crippen molar-refractivity contribution < 1.29 is 9.47 Å². The molecule has 3 heteroatoms. The lowest BCUT2D eigenvalue weighted by molar-refractivity contribution is 0.0816. The second kappa shape index (κ2) is 22.3. The summed E-state index contributed by atoms with van der Waals surface area (Å²) >= 11 is 4.15. The van der Waals surface area contributed by atoms with E-state index in [0.29, 0.717) is 0 Å². The molecule has 0 atom stereocenters. The molecule has 0 saturated carbocycles. The molecule has 0 aromatic rings. The highest BCUT2D eigenvalue weighted by molar-refractivity contribution is 7.80. The minimum atomic E-state index is 0.826. The summed E-state index contributed by atoms with van der Waals surface area (Å²) in [6.07, 6.45) is 18.8. The Morgan fingerprint density at radius 2 is 0.870 bits per heavy atom. The van der Waals surface area contributed by atoms with Gasteiger partial charge in [-0.2, -0.15) is 12.6 Å². The first-order valence-electron chi connectivity index (χ1n) is 10.2. The Kier molecular flexibility index (Phi) is 22.5. The molecule has 0 amide bonds. The van der Waals surface area contributed by atoms with Crippen molar-refractivity contribution in [2.24, 2.45) is 0 Å². The van der Waals surface area contributed by atoms with Gasteiger partial charge in [0.1, 0.15) is 0 Å². The van der Waals surface area contributed by atoms with Gasteiger partial charge in [0.05, 0.1) is 0 Å². The zero-order valence-electron chi connectivity index (χ0n) is 15.7. The van der Waals surface area contributed by atoms with Crippen LogP contribution < -0.4 is 0 Å². The van der Waals surface area contributed by atoms with Crippen LogP contribution in [0.5, 0.6) is 0 Å². The van der Waals surface area contributed by atoms with E-state index in [1.807, 2.05) is 0 Å². The standard InChI is InChI=1S/C20H42O2S/c1-2-3-4-5-6-7-8-9-10-11-12-13-16-21-17-14-18-22-19-15-20-23/h23H,2-20H2,1H3. The minimum absolute atomic E-state index is 0.826. The van der Waals surface area contributed by atoms with Gasteiger partial charge in [-0.05, 0) is 25.0 Å². The number of unbranched alkanes of at least 4 members (excludes halogenated alkanes) is 11. The topological polar surface area (TPSA) is 18.5 Å². The van der Waals surface area contributed by atoms with Crippen molar-refractivity contribution in [3.63, 3.8) is 0 Å². The monoisotopic (exact) mass is 346 g/mol. The van der Waals surface area contributed by atoms with E-state index in [4.69, 9.17) is 9.47 Å². The van der Waals surface area contributed by atoms with E-state index >= 15 is 0 Å². The molecule has 0 aromatic carbocycles. The Morgan fingerprint density at radius 1 is 0.478 bits per heavy atom. The van der Waals surface area contributed by atoms with Gasteiger partial charge in [-0.1, -0.05) is 77.6 Å². The van der Waals surface area contributed by atoms with E-state index < -0.39 is 0 Å². The highest BCUT2D eigenvalue weighted by atomic mass is 32.1. The minimum Gasteiger partial charge on any atom is -0.381 e. The second-order valence-corrected chi connectivity index (χ2v) is 6.99. The molecule has 0 rings (SSSR count). The molecule has 0 radical (unpaired) electrons. The first-order chi connectivity index (χ1) is 11.4. The van der Waals surface area contributed by atoms with Crippen molar-refractivity contribution in [2.75, 3.05) is 32.2 Å². The fourth-order valence-electron chi connectivity index (χ4n) is 2.68. The quantitative estimate of drug-likeness (QED) is 0.202. The van der Waals surface area contributed by atoms with Gasteiger partial charge < -0.3 is 9.47 Å². The van der Waals surface area contributed by atoms with Gasteiger partial charge in [-0.25, -0.2) is 0 Å². The average molecular weight is 347 g/mol. The third-order valence-electron chi connectivity index (χ3n) is 4.17. The largest absolute Gasteiger partial charge is 0.381 e. The summed E-state index contributed by atoms with van der Waals surface area (Å²) in [5.41, 5.74) is 0. The van der Waals surface area contributed by atoms with Gasteiger partial charge in [0.25, 0.3) is 0 Å². The lowest BCUT2D eigenvalue weighted by atomic mass is 10.1. The molecular formula is C20H42O2S. The lowest BCUT2D eigenvalue weighted by Gasteiger charge is -2.05. The number of thiol groups is 1. The van der Waals surface area contributed by atoms with Crippen LogP contribution in [0.25, 0.3) is 0 Å². The van der Waals surface area contributed by atoms with Crippen LogP contribution in [0.3, 0.4) is 0 Å². The van der Waals surface area contributed by atoms with Crippen molar-refractivity contribution in [2.45, 2.75) is 96.8 Å². The fourth-order valence-corrected chi connectivity index (χ4v) is 2.81. The summed E-state index contributed by atoms with van der Waals surface area (Å²) < 4.78 is 11.1. The Morgan fingerprint density at radius 3 is 1.35 bits per heavy atom. The summed E-state index contributed by atoms with van der Waals surface area (Å²) in [7, 11) is 0. The van der Waals surface area contributed by atoms with Crippen molar-refractivity contribution >= 4 is 12.6 Å². The molecule has 0 bridgehead atoms. The van der Waals surface area contributed by atoms with Crippen molar-refractivity contribution in [1.29, 1.82) is 0 Å². The summed E-state index contributed by atoms with van der Waals surface area (Å²) in [4.78, 5) is 0. The van der Waals surface area contributed by atoms with Crippen LogP contribution in [0.15, 0.2) is 0 Å². The SMILES string of the molecule is CCCCCCCCCCCCCCOCCCOCCCS. The molecule has 23 heavy (non-hydrogen) atoms. The van der Waals surface area contributed by atoms with Gasteiger partial charge in [0, 0.05) is 26.4 Å². The average Bonchev–Trinajstić information content (AvgIpc) is 2.57. The number of rotatable bonds is 20. The molecule has 0 aromatic heterocycles. The first-order valence-corrected chi connectivity index (χ1v) is 10.8. The van der Waals surface area contributed by atoms with E-state index in [2.05, 4.69) is 19.6 Å². The smallest absolute Gasteiger partial charge is 0.0487 e. The molecule has 0 unspecified atom stereocenters. The maximum Gasteiger partial charge on any atom is 0.0487 e. The Labute approximate surface area is 151 Å². The molecule has 0 aliphatic heterocycles. The summed E-state index contributed by atoms with van der Waals surface area (Å²) in [6.45, 7) is 5.72. The predicted octanol–water partition coefficient (Wildman–Crippen LogP) is 6.43. The third-order valence-corrected chi connectivity index (χ3v) is 4.48. The number of hydrogen-bond donors (Lipinski definition) is 1. The summed E-state index contributed by atoms with van der Waals surface area (Å²) in [6, 6.07) is 0. The van der Waals surface area contributed by atoms with Crippen LogP contribution in [-0.2, 0) is 9.47 Å². The highest BCUT2D eigenvalue weighted by Crippen LogP contribution is 2.11. The van der Waals surface area contributed by atoms with Crippen molar-refractivity contribution in [3.8, 4) is 0 Å². The maximum absolute atomic E-state index is 5.64. The van der Waals surface area contributed by atoms with Gasteiger partial charge in [0.2, 0.25) is 0 Å². The first kappa shape index (κ1) is 23.3. The van der Waals surface area contributed by atoms with Crippen LogP contribution in [0.2, 0.25) is 0 Å². The van der Waals surface area contributed by atoms with E-state index in [1.54, 1.807) is 0 Å². The molecule has 0 heterocycles. The van der Waals surface area contributed by atoms with Gasteiger partial charge >= 0.3 is 0 Å². The molecule has 0 aliphatic carbocycles. The van der Waals surface area contributed by atoms with Crippen molar-refractivity contribution in [1.82, 2.24) is 0 Å². The summed E-state index contributed by atoms with van der Waals surface area (Å²) in [5, 5.41) is 0. The van der Waals surface area contributed by atoms with Gasteiger partial charge in [-0.15, -0.1) is 0 Å². The molecule has 0 aliphatic rings. The third kappa shape index (κ3) is 22.3. The molecule has 2 nitrogen and oxygen atoms in total. The fraction of sp³-hybridized carbons (Fsp3) is 1.00. The predicted molar refractivity (Wildman–Crippen MR) is 106 cm³/mol. The molecule has 140 valence electrons. The van der Waals surface area contributed by atoms with E-state index in [9.17, 15) is 0 Å². The second-order valence-electron chi connectivity index (χ2n) is 6.54. The van der Waals surface area contributed by atoms with Crippen LogP contribution in [0.1, 0.15) is 96.8 Å². The normalized spacial score (nSPS) is 11.2. The molecule has 0 saturated heterocycles. The van der Waals surface area contributed by atoms with E-state index in [0.717, 1.165) is 45.0 Å². The van der Waals surface area contributed by atoms with Crippen LogP contribution in [-0.4, -0.2) is 32.2 Å². The van der Waals surface area contributed by atoms with E-state index in [1.165, 1.54) is 77.0 Å². The summed E-state index contributed by atoms with van der Waals surface area (Å²) in [5.74, 6) is 0.912. The Bertz CT molecular complexity index is 180. The highest BCUT2D eigenvalue weighted by Gasteiger charge is 1.94. The molecule has 0 fully saturated rings. The van der Waals surface area contributed by atoms with Gasteiger partial charge in [0.15, 0.2) is 0 Å². The van der Waals surface area contributed by atoms with Crippen LogP contribution in [0, 0.1) is 0 Å². The van der Waals surface area contributed by atoms with Crippen molar-refractivity contribution in [3.05, 3.63) is 0 Å². The zero-order chi connectivity index (χ0) is 16.8. The maximum atomic E-state index is 5.64. The number of hydrogen-bond acceptors (Lipinski definition) is 3. The zero-order valence-corrected chi connectivity index (χ0v) is 16.6. The van der Waals surface area contributed by atoms with Crippen LogP contribution >= 0.6 is 12.6 Å². The molecule has 0 spiro atoms. The lowest BCUT2D eigenvalue weighted by Crippen LogP contribution is -2.03. The Hall–Kier alpha value is 0.270. The number of ether oxygens (including phenoxy) is 2.